The highest BCUT2D eigenvalue weighted by Gasteiger charge is 2.08. The zero-order chi connectivity index (χ0) is 14.8. The van der Waals surface area contributed by atoms with E-state index in [1.165, 1.54) is 0 Å². The highest BCUT2D eigenvalue weighted by atomic mass is 16.5. The van der Waals surface area contributed by atoms with Crippen LogP contribution in [0.3, 0.4) is 0 Å². The lowest BCUT2D eigenvalue weighted by Gasteiger charge is -2.10. The molecule has 0 saturated heterocycles. The van der Waals surface area contributed by atoms with Gasteiger partial charge in [-0.1, -0.05) is 19.1 Å². The van der Waals surface area contributed by atoms with Gasteiger partial charge in [0.2, 0.25) is 5.91 Å². The van der Waals surface area contributed by atoms with Gasteiger partial charge in [-0.05, 0) is 24.1 Å². The Labute approximate surface area is 120 Å². The van der Waals surface area contributed by atoms with E-state index in [-0.39, 0.29) is 11.9 Å². The van der Waals surface area contributed by atoms with Crippen LogP contribution >= 0.6 is 0 Å². The van der Waals surface area contributed by atoms with Gasteiger partial charge in [-0.25, -0.2) is 0 Å². The molecule has 0 bridgehead atoms. The molecule has 0 radical (unpaired) electrons. The van der Waals surface area contributed by atoms with E-state index in [2.05, 4.69) is 5.32 Å². The molecule has 20 heavy (non-hydrogen) atoms. The van der Waals surface area contributed by atoms with Crippen LogP contribution in [0.4, 0.5) is 5.69 Å². The van der Waals surface area contributed by atoms with E-state index in [4.69, 9.17) is 15.2 Å². The molecule has 3 N–H and O–H groups in total. The van der Waals surface area contributed by atoms with E-state index in [1.54, 1.807) is 7.11 Å². The molecular formula is C15H24N2O3. The Kier molecular flexibility index (Phi) is 7.87. The van der Waals surface area contributed by atoms with Crippen molar-refractivity contribution < 1.29 is 14.3 Å². The molecule has 1 aromatic rings. The van der Waals surface area contributed by atoms with Crippen LogP contribution in [-0.2, 0) is 20.9 Å². The van der Waals surface area contributed by atoms with Crippen molar-refractivity contribution in [2.24, 2.45) is 5.73 Å². The minimum absolute atomic E-state index is 0.0585. The first-order valence-corrected chi connectivity index (χ1v) is 6.86. The monoisotopic (exact) mass is 280 g/mol. The van der Waals surface area contributed by atoms with Crippen molar-refractivity contribution in [1.82, 2.24) is 0 Å². The zero-order valence-corrected chi connectivity index (χ0v) is 12.2. The number of carbonyl (C=O) groups is 1. The predicted octanol–water partition coefficient (Wildman–Crippen LogP) is 1.92. The van der Waals surface area contributed by atoms with Gasteiger partial charge in [0.05, 0.1) is 19.8 Å². The molecule has 5 heteroatoms. The summed E-state index contributed by atoms with van der Waals surface area (Å²) in [6, 6.07) is 7.52. The highest BCUT2D eigenvalue weighted by molar-refractivity contribution is 5.91. The summed E-state index contributed by atoms with van der Waals surface area (Å²) < 4.78 is 10.4. The number of hydrogen-bond donors (Lipinski definition) is 2. The molecule has 1 rings (SSSR count). The average molecular weight is 280 g/mol. The maximum Gasteiger partial charge on any atom is 0.225 e. The van der Waals surface area contributed by atoms with Gasteiger partial charge in [-0.3, -0.25) is 4.79 Å². The molecule has 0 saturated carbocycles. The molecule has 0 fully saturated rings. The standard InChI is InChI=1S/C15H24N2O3/c1-3-13(16)10-15(18)17-14-6-4-5-12(9-14)11-20-8-7-19-2/h4-6,9,13H,3,7-8,10-11,16H2,1-2H3,(H,17,18). The van der Waals surface area contributed by atoms with Crippen LogP contribution in [0, 0.1) is 0 Å². The summed E-state index contributed by atoms with van der Waals surface area (Å²) in [4.78, 5) is 11.8. The van der Waals surface area contributed by atoms with Gasteiger partial charge >= 0.3 is 0 Å². The summed E-state index contributed by atoms with van der Waals surface area (Å²) in [5, 5.41) is 2.85. The Balaban J connectivity index is 2.44. The van der Waals surface area contributed by atoms with Gasteiger partial charge in [-0.15, -0.1) is 0 Å². The predicted molar refractivity (Wildman–Crippen MR) is 79.5 cm³/mol. The van der Waals surface area contributed by atoms with Crippen LogP contribution in [0.1, 0.15) is 25.3 Å². The maximum atomic E-state index is 11.8. The van der Waals surface area contributed by atoms with E-state index in [9.17, 15) is 4.79 Å². The van der Waals surface area contributed by atoms with Crippen molar-refractivity contribution in [3.05, 3.63) is 29.8 Å². The lowest BCUT2D eigenvalue weighted by Crippen LogP contribution is -2.26. The van der Waals surface area contributed by atoms with Crippen molar-refractivity contribution >= 4 is 11.6 Å². The quantitative estimate of drug-likeness (QED) is 0.678. The third-order valence-electron chi connectivity index (χ3n) is 2.88. The second-order valence-corrected chi connectivity index (χ2v) is 4.67. The molecule has 0 aromatic heterocycles. The highest BCUT2D eigenvalue weighted by Crippen LogP contribution is 2.12. The second kappa shape index (κ2) is 9.47. The van der Waals surface area contributed by atoms with E-state index in [1.807, 2.05) is 31.2 Å². The Hall–Kier alpha value is -1.43. The maximum absolute atomic E-state index is 11.8. The summed E-state index contributed by atoms with van der Waals surface area (Å²) in [7, 11) is 1.64. The lowest BCUT2D eigenvalue weighted by atomic mass is 10.1. The van der Waals surface area contributed by atoms with Crippen LogP contribution in [-0.4, -0.2) is 32.3 Å². The molecule has 0 spiro atoms. The summed E-state index contributed by atoms with van der Waals surface area (Å²) >= 11 is 0. The SMILES string of the molecule is CCC(N)CC(=O)Nc1cccc(COCCOC)c1. The smallest absolute Gasteiger partial charge is 0.225 e. The van der Waals surface area contributed by atoms with Crippen LogP contribution in [0.25, 0.3) is 0 Å². The van der Waals surface area contributed by atoms with Gasteiger partial charge in [-0.2, -0.15) is 0 Å². The average Bonchev–Trinajstić information content (AvgIpc) is 2.43. The molecule has 0 aliphatic carbocycles. The minimum Gasteiger partial charge on any atom is -0.382 e. The Morgan fingerprint density at radius 1 is 1.40 bits per heavy atom. The van der Waals surface area contributed by atoms with Gasteiger partial charge < -0.3 is 20.5 Å². The van der Waals surface area contributed by atoms with Gasteiger partial charge in [0, 0.05) is 25.3 Å². The largest absolute Gasteiger partial charge is 0.382 e. The minimum atomic E-state index is -0.0874. The molecule has 112 valence electrons. The zero-order valence-electron chi connectivity index (χ0n) is 12.2. The van der Waals surface area contributed by atoms with Crippen LogP contribution in [0.15, 0.2) is 24.3 Å². The number of hydrogen-bond acceptors (Lipinski definition) is 4. The Morgan fingerprint density at radius 3 is 2.90 bits per heavy atom. The number of rotatable bonds is 9. The number of ether oxygens (including phenoxy) is 2. The third-order valence-corrected chi connectivity index (χ3v) is 2.88. The summed E-state index contributed by atoms with van der Waals surface area (Å²) in [6.07, 6.45) is 1.13. The van der Waals surface area contributed by atoms with E-state index in [0.29, 0.717) is 26.2 Å². The van der Waals surface area contributed by atoms with E-state index in [0.717, 1.165) is 17.7 Å². The molecule has 1 amide bonds. The van der Waals surface area contributed by atoms with Crippen LogP contribution in [0.2, 0.25) is 0 Å². The number of anilines is 1. The van der Waals surface area contributed by atoms with Crippen LogP contribution in [0.5, 0.6) is 0 Å². The van der Waals surface area contributed by atoms with Crippen LogP contribution < -0.4 is 11.1 Å². The third kappa shape index (κ3) is 6.65. The number of methoxy groups -OCH3 is 1. The first kappa shape index (κ1) is 16.6. The molecule has 0 heterocycles. The molecule has 1 atom stereocenters. The molecule has 1 unspecified atom stereocenters. The Morgan fingerprint density at radius 2 is 2.20 bits per heavy atom. The summed E-state index contributed by atoms with van der Waals surface area (Å²) in [6.45, 7) is 3.60. The van der Waals surface area contributed by atoms with E-state index >= 15 is 0 Å². The molecule has 1 aromatic carbocycles. The number of benzene rings is 1. The van der Waals surface area contributed by atoms with Gasteiger partial charge in [0.15, 0.2) is 0 Å². The second-order valence-electron chi connectivity index (χ2n) is 4.67. The fourth-order valence-electron chi connectivity index (χ4n) is 1.67. The summed E-state index contributed by atoms with van der Waals surface area (Å²) in [5.74, 6) is -0.0585. The molecule has 5 nitrogen and oxygen atoms in total. The van der Waals surface area contributed by atoms with Crippen molar-refractivity contribution in [1.29, 1.82) is 0 Å². The van der Waals surface area contributed by atoms with Gasteiger partial charge in [0.25, 0.3) is 0 Å². The fraction of sp³-hybridized carbons (Fsp3) is 0.533. The Bertz CT molecular complexity index is 410. The van der Waals surface area contributed by atoms with Gasteiger partial charge in [0.1, 0.15) is 0 Å². The van der Waals surface area contributed by atoms with E-state index < -0.39 is 0 Å². The first-order valence-electron chi connectivity index (χ1n) is 6.86. The normalized spacial score (nSPS) is 12.2. The molecule has 0 aliphatic heterocycles. The molecule has 0 aliphatic rings. The topological polar surface area (TPSA) is 73.6 Å². The number of nitrogens with one attached hydrogen (secondary N) is 1. The summed E-state index contributed by atoms with van der Waals surface area (Å²) in [5.41, 5.74) is 7.54. The lowest BCUT2D eigenvalue weighted by molar-refractivity contribution is -0.116. The fourth-order valence-corrected chi connectivity index (χ4v) is 1.67. The van der Waals surface area contributed by atoms with Crippen molar-refractivity contribution in [3.63, 3.8) is 0 Å². The van der Waals surface area contributed by atoms with Crippen molar-refractivity contribution in [2.45, 2.75) is 32.4 Å². The number of amides is 1. The number of carbonyl (C=O) groups excluding carboxylic acids is 1. The van der Waals surface area contributed by atoms with Crippen molar-refractivity contribution in [2.75, 3.05) is 25.6 Å². The van der Waals surface area contributed by atoms with Crippen molar-refractivity contribution in [3.8, 4) is 0 Å². The number of nitrogens with two attached hydrogens (primary N) is 1. The molecular weight excluding hydrogens is 256 g/mol. The first-order chi connectivity index (χ1) is 9.65.